The predicted octanol–water partition coefficient (Wildman–Crippen LogP) is 3.71. The fraction of sp³-hybridized carbons (Fsp3) is 0.588. The second-order valence-electron chi connectivity index (χ2n) is 6.49. The monoisotopic (exact) mass is 338 g/mol. The maximum atomic E-state index is 12.2. The molecule has 1 saturated heterocycles. The molecule has 0 aliphatic carbocycles. The summed E-state index contributed by atoms with van der Waals surface area (Å²) in [4.78, 5) is 14.6. The molecule has 0 saturated carbocycles. The number of nitrogens with one attached hydrogen (secondary N) is 1. The number of hydrogen-bond acceptors (Lipinski definition) is 4. The van der Waals surface area contributed by atoms with Gasteiger partial charge in [0.1, 0.15) is 0 Å². The van der Waals surface area contributed by atoms with E-state index in [-0.39, 0.29) is 10.7 Å². The summed E-state index contributed by atoms with van der Waals surface area (Å²) in [7, 11) is 0. The van der Waals surface area contributed by atoms with Gasteiger partial charge < -0.3 is 5.32 Å². The second-order valence-corrected chi connectivity index (χ2v) is 9.52. The molecule has 5 heteroatoms. The molecular weight excluding hydrogens is 312 g/mol. The summed E-state index contributed by atoms with van der Waals surface area (Å²) in [6.45, 7) is 9.58. The van der Waals surface area contributed by atoms with Crippen molar-refractivity contribution in [2.75, 3.05) is 35.7 Å². The van der Waals surface area contributed by atoms with Gasteiger partial charge in [-0.1, -0.05) is 39.0 Å². The normalized spacial score (nSPS) is 16.5. The van der Waals surface area contributed by atoms with Gasteiger partial charge in [0.2, 0.25) is 5.91 Å². The van der Waals surface area contributed by atoms with Gasteiger partial charge in [-0.3, -0.25) is 9.69 Å². The Kier molecular flexibility index (Phi) is 6.66. The molecular formula is C17H26N2OS2. The average molecular weight is 339 g/mol. The zero-order chi connectivity index (χ0) is 16.0. The zero-order valence-corrected chi connectivity index (χ0v) is 15.4. The summed E-state index contributed by atoms with van der Waals surface area (Å²) in [6, 6.07) is 8.16. The van der Waals surface area contributed by atoms with Crippen molar-refractivity contribution >= 4 is 35.1 Å². The van der Waals surface area contributed by atoms with Crippen LogP contribution >= 0.6 is 23.5 Å². The van der Waals surface area contributed by atoms with Gasteiger partial charge in [-0.05, 0) is 11.6 Å². The second kappa shape index (κ2) is 8.27. The van der Waals surface area contributed by atoms with E-state index in [1.54, 1.807) is 11.8 Å². The molecule has 1 aromatic carbocycles. The number of carbonyl (C=O) groups excluding carboxylic acids is 1. The van der Waals surface area contributed by atoms with Crippen molar-refractivity contribution < 1.29 is 4.79 Å². The van der Waals surface area contributed by atoms with Crippen molar-refractivity contribution in [3.05, 3.63) is 29.8 Å². The minimum absolute atomic E-state index is 0.0848. The Bertz CT molecular complexity index is 494. The first-order valence-electron chi connectivity index (χ1n) is 7.76. The SMILES string of the molecule is CC(C)(C)SCC(=O)Nc1ccccc1CN1CCSCC1. The summed E-state index contributed by atoms with van der Waals surface area (Å²) in [5, 5.41) is 3.08. The van der Waals surface area contributed by atoms with Gasteiger partial charge in [-0.25, -0.2) is 0 Å². The molecule has 1 heterocycles. The Balaban J connectivity index is 1.94. The van der Waals surface area contributed by atoms with E-state index < -0.39 is 0 Å². The minimum atomic E-state index is 0.0848. The number of anilines is 1. The van der Waals surface area contributed by atoms with E-state index in [2.05, 4.69) is 37.1 Å². The van der Waals surface area contributed by atoms with Crippen molar-refractivity contribution in [3.63, 3.8) is 0 Å². The van der Waals surface area contributed by atoms with E-state index in [1.165, 1.54) is 17.1 Å². The van der Waals surface area contributed by atoms with Crippen molar-refractivity contribution in [2.45, 2.75) is 32.1 Å². The first-order chi connectivity index (χ1) is 10.4. The molecule has 1 aliphatic heterocycles. The number of amides is 1. The topological polar surface area (TPSA) is 32.3 Å². The Hall–Kier alpha value is -0.650. The lowest BCUT2D eigenvalue weighted by molar-refractivity contribution is -0.113. The van der Waals surface area contributed by atoms with Gasteiger partial charge in [0.05, 0.1) is 5.75 Å². The minimum Gasteiger partial charge on any atom is -0.325 e. The molecule has 0 aromatic heterocycles. The molecule has 22 heavy (non-hydrogen) atoms. The largest absolute Gasteiger partial charge is 0.325 e. The van der Waals surface area contributed by atoms with Gasteiger partial charge in [0.25, 0.3) is 0 Å². The van der Waals surface area contributed by atoms with Gasteiger partial charge >= 0.3 is 0 Å². The van der Waals surface area contributed by atoms with Crippen molar-refractivity contribution in [1.82, 2.24) is 4.90 Å². The lowest BCUT2D eigenvalue weighted by Gasteiger charge is -2.27. The summed E-state index contributed by atoms with van der Waals surface area (Å²) in [6.07, 6.45) is 0. The lowest BCUT2D eigenvalue weighted by atomic mass is 10.1. The van der Waals surface area contributed by atoms with E-state index in [9.17, 15) is 4.79 Å². The number of rotatable bonds is 5. The molecule has 1 aromatic rings. The van der Waals surface area contributed by atoms with E-state index in [4.69, 9.17) is 0 Å². The van der Waals surface area contributed by atoms with E-state index in [1.807, 2.05) is 30.0 Å². The molecule has 122 valence electrons. The molecule has 1 N–H and O–H groups in total. The highest BCUT2D eigenvalue weighted by Crippen LogP contribution is 2.24. The van der Waals surface area contributed by atoms with Gasteiger partial charge in [0.15, 0.2) is 0 Å². The fourth-order valence-electron chi connectivity index (χ4n) is 2.25. The highest BCUT2D eigenvalue weighted by molar-refractivity contribution is 8.01. The van der Waals surface area contributed by atoms with Crippen molar-refractivity contribution in [1.29, 1.82) is 0 Å². The highest BCUT2D eigenvalue weighted by Gasteiger charge is 2.16. The van der Waals surface area contributed by atoms with Crippen LogP contribution in [0.3, 0.4) is 0 Å². The Morgan fingerprint density at radius 1 is 1.27 bits per heavy atom. The number of carbonyl (C=O) groups is 1. The van der Waals surface area contributed by atoms with Crippen LogP contribution in [0.2, 0.25) is 0 Å². The standard InChI is InChI=1S/C17H26N2OS2/c1-17(2,3)22-13-16(20)18-15-7-5-4-6-14(15)12-19-8-10-21-11-9-19/h4-7H,8-13H2,1-3H3,(H,18,20). The van der Waals surface area contributed by atoms with E-state index >= 15 is 0 Å². The first kappa shape index (κ1) is 17.7. The maximum absolute atomic E-state index is 12.2. The summed E-state index contributed by atoms with van der Waals surface area (Å²) >= 11 is 3.70. The van der Waals surface area contributed by atoms with Crippen LogP contribution in [0.4, 0.5) is 5.69 Å². The first-order valence-corrected chi connectivity index (χ1v) is 9.90. The van der Waals surface area contributed by atoms with Crippen molar-refractivity contribution in [3.8, 4) is 0 Å². The number of benzene rings is 1. The summed E-state index contributed by atoms with van der Waals surface area (Å²) < 4.78 is 0.113. The molecule has 0 radical (unpaired) electrons. The van der Waals surface area contributed by atoms with Gasteiger partial charge in [0, 0.05) is 41.6 Å². The summed E-state index contributed by atoms with van der Waals surface area (Å²) in [5.41, 5.74) is 2.17. The third-order valence-electron chi connectivity index (χ3n) is 3.43. The zero-order valence-electron chi connectivity index (χ0n) is 13.7. The van der Waals surface area contributed by atoms with Crippen LogP contribution < -0.4 is 5.32 Å². The van der Waals surface area contributed by atoms with Gasteiger partial charge in [-0.2, -0.15) is 11.8 Å². The molecule has 2 rings (SSSR count). The van der Waals surface area contributed by atoms with E-state index in [0.717, 1.165) is 25.3 Å². The quantitative estimate of drug-likeness (QED) is 0.887. The van der Waals surface area contributed by atoms with Crippen LogP contribution in [0.15, 0.2) is 24.3 Å². The molecule has 0 spiro atoms. The van der Waals surface area contributed by atoms with E-state index in [0.29, 0.717) is 5.75 Å². The smallest absolute Gasteiger partial charge is 0.234 e. The number of para-hydroxylation sites is 1. The van der Waals surface area contributed by atoms with Crippen LogP contribution in [0.1, 0.15) is 26.3 Å². The van der Waals surface area contributed by atoms with Crippen molar-refractivity contribution in [2.24, 2.45) is 0 Å². The molecule has 0 unspecified atom stereocenters. The van der Waals surface area contributed by atoms with Crippen LogP contribution in [0.25, 0.3) is 0 Å². The molecule has 3 nitrogen and oxygen atoms in total. The van der Waals surface area contributed by atoms with Crippen LogP contribution in [-0.4, -0.2) is 45.9 Å². The number of thioether (sulfide) groups is 2. The molecule has 0 bridgehead atoms. The molecule has 1 aliphatic rings. The molecule has 1 fully saturated rings. The highest BCUT2D eigenvalue weighted by atomic mass is 32.2. The van der Waals surface area contributed by atoms with Crippen LogP contribution in [0.5, 0.6) is 0 Å². The summed E-state index contributed by atoms with van der Waals surface area (Å²) in [5.74, 6) is 2.99. The fourth-order valence-corrected chi connectivity index (χ4v) is 3.86. The number of hydrogen-bond donors (Lipinski definition) is 1. The Labute approximate surface area is 142 Å². The predicted molar refractivity (Wildman–Crippen MR) is 99.9 cm³/mol. The lowest BCUT2D eigenvalue weighted by Crippen LogP contribution is -2.32. The molecule has 1 amide bonds. The van der Waals surface area contributed by atoms with Crippen LogP contribution in [0, 0.1) is 0 Å². The average Bonchev–Trinajstić information content (AvgIpc) is 2.48. The Morgan fingerprint density at radius 3 is 2.64 bits per heavy atom. The van der Waals surface area contributed by atoms with Crippen LogP contribution in [-0.2, 0) is 11.3 Å². The molecule has 0 atom stereocenters. The maximum Gasteiger partial charge on any atom is 0.234 e. The number of nitrogens with zero attached hydrogens (tertiary/aromatic N) is 1. The Morgan fingerprint density at radius 2 is 1.95 bits per heavy atom. The third-order valence-corrected chi connectivity index (χ3v) is 5.64. The third kappa shape index (κ3) is 6.23. The van der Waals surface area contributed by atoms with Gasteiger partial charge in [-0.15, -0.1) is 11.8 Å².